The van der Waals surface area contributed by atoms with Gasteiger partial charge in [-0.1, -0.05) is 0 Å². The molecule has 0 aliphatic rings. The summed E-state index contributed by atoms with van der Waals surface area (Å²) in [5, 5.41) is 11.2. The third kappa shape index (κ3) is 7.62. The zero-order chi connectivity index (χ0) is 22.9. The van der Waals surface area contributed by atoms with Crippen LogP contribution in [-0.4, -0.2) is 33.9 Å². The Bertz CT molecular complexity index is 1050. The molecule has 3 rings (SSSR count). The van der Waals surface area contributed by atoms with Gasteiger partial charge < -0.3 is 20.1 Å². The molecule has 2 aromatic heterocycles. The predicted molar refractivity (Wildman–Crippen MR) is 142 cm³/mol. The van der Waals surface area contributed by atoms with Crippen LogP contribution in [0.25, 0.3) is 0 Å². The number of aliphatic imine (C=N–C) groups is 1. The van der Waals surface area contributed by atoms with Gasteiger partial charge in [-0.25, -0.2) is 9.98 Å². The second-order valence-corrected chi connectivity index (χ2v) is 7.33. The van der Waals surface area contributed by atoms with E-state index in [1.165, 1.54) is 5.56 Å². The summed E-state index contributed by atoms with van der Waals surface area (Å²) in [7, 11) is 1.96. The summed E-state index contributed by atoms with van der Waals surface area (Å²) in [4.78, 5) is 9.02. The summed E-state index contributed by atoms with van der Waals surface area (Å²) in [6.07, 6.45) is 1.73. The van der Waals surface area contributed by atoms with Gasteiger partial charge in [0.25, 0.3) is 0 Å². The molecule has 8 nitrogen and oxygen atoms in total. The first-order chi connectivity index (χ1) is 15.5. The van der Waals surface area contributed by atoms with Crippen LogP contribution in [0.3, 0.4) is 0 Å². The maximum absolute atomic E-state index is 5.88. The molecule has 2 heterocycles. The first kappa shape index (κ1) is 26.4. The molecule has 0 bridgehead atoms. The Kier molecular flexibility index (Phi) is 10.4. The van der Waals surface area contributed by atoms with E-state index >= 15 is 0 Å². The normalized spacial score (nSPS) is 11.0. The number of hydrogen-bond acceptors (Lipinski definition) is 5. The van der Waals surface area contributed by atoms with Crippen molar-refractivity contribution in [2.45, 2.75) is 40.8 Å². The topological polar surface area (TPSA) is 85.6 Å². The maximum atomic E-state index is 5.88. The molecule has 0 fully saturated rings. The van der Waals surface area contributed by atoms with Crippen LogP contribution in [0.2, 0.25) is 0 Å². The molecule has 0 aliphatic carbocycles. The van der Waals surface area contributed by atoms with Crippen LogP contribution >= 0.6 is 24.0 Å². The van der Waals surface area contributed by atoms with Crippen molar-refractivity contribution in [3.8, 4) is 17.4 Å². The summed E-state index contributed by atoms with van der Waals surface area (Å²) >= 11 is 0. The van der Waals surface area contributed by atoms with Gasteiger partial charge in [0, 0.05) is 43.7 Å². The van der Waals surface area contributed by atoms with Gasteiger partial charge in [-0.3, -0.25) is 4.68 Å². The Morgan fingerprint density at radius 2 is 1.79 bits per heavy atom. The van der Waals surface area contributed by atoms with Gasteiger partial charge in [0.15, 0.2) is 5.96 Å². The van der Waals surface area contributed by atoms with E-state index < -0.39 is 0 Å². The number of halogens is 1. The van der Waals surface area contributed by atoms with E-state index in [2.05, 4.69) is 27.6 Å². The Balaban J connectivity index is 0.00000385. The molecule has 0 unspecified atom stereocenters. The lowest BCUT2D eigenvalue weighted by Gasteiger charge is -2.12. The summed E-state index contributed by atoms with van der Waals surface area (Å²) < 4.78 is 13.3. The molecule has 0 spiro atoms. The van der Waals surface area contributed by atoms with E-state index in [1.54, 1.807) is 6.20 Å². The molecule has 0 saturated carbocycles. The number of rotatable bonds is 9. The first-order valence-electron chi connectivity index (χ1n) is 10.9. The second-order valence-electron chi connectivity index (χ2n) is 7.33. The highest BCUT2D eigenvalue weighted by Crippen LogP contribution is 2.23. The molecule has 2 N–H and O–H groups in total. The second kappa shape index (κ2) is 13.0. The number of ether oxygens (including phenoxy) is 2. The average molecular weight is 564 g/mol. The van der Waals surface area contributed by atoms with E-state index in [-0.39, 0.29) is 24.0 Å². The Morgan fingerprint density at radius 1 is 1.06 bits per heavy atom. The molecule has 0 atom stereocenters. The number of hydrogen-bond donors (Lipinski definition) is 2. The highest BCUT2D eigenvalue weighted by Gasteiger charge is 2.10. The number of pyridine rings is 1. The molecule has 0 radical (unpaired) electrons. The van der Waals surface area contributed by atoms with Crippen molar-refractivity contribution in [3.05, 3.63) is 65.1 Å². The van der Waals surface area contributed by atoms with Crippen molar-refractivity contribution < 1.29 is 9.47 Å². The standard InChI is InChI=1S/C24H32N6O2.HI/c1-6-25-24(28-16-22-17(3)29-30(5)18(22)4)27-15-19-12-13-26-23(14-19)32-21-10-8-20(9-11-21)31-7-2;/h8-14H,6-7,15-16H2,1-5H3,(H2,25,27,28);1H. The van der Waals surface area contributed by atoms with Gasteiger partial charge in [-0.15, -0.1) is 24.0 Å². The molecule has 3 aromatic rings. The summed E-state index contributed by atoms with van der Waals surface area (Å²) in [5.74, 6) is 2.80. The smallest absolute Gasteiger partial charge is 0.219 e. The summed E-state index contributed by atoms with van der Waals surface area (Å²) in [5.41, 5.74) is 4.37. The molecule has 0 saturated heterocycles. The minimum atomic E-state index is 0. The van der Waals surface area contributed by atoms with E-state index in [0.717, 1.165) is 35.2 Å². The first-order valence-corrected chi connectivity index (χ1v) is 10.9. The Hall–Kier alpha value is -2.82. The van der Waals surface area contributed by atoms with Gasteiger partial charge in [-0.2, -0.15) is 5.10 Å². The lowest BCUT2D eigenvalue weighted by atomic mass is 10.2. The fraction of sp³-hybridized carbons (Fsp3) is 0.375. The van der Waals surface area contributed by atoms with Crippen molar-refractivity contribution in [3.63, 3.8) is 0 Å². The number of nitrogens with zero attached hydrogens (tertiary/aromatic N) is 4. The van der Waals surface area contributed by atoms with Crippen molar-refractivity contribution in [2.75, 3.05) is 13.2 Å². The van der Waals surface area contributed by atoms with E-state index in [9.17, 15) is 0 Å². The zero-order valence-corrected chi connectivity index (χ0v) is 22.2. The molecule has 0 amide bonds. The van der Waals surface area contributed by atoms with Crippen molar-refractivity contribution in [1.29, 1.82) is 0 Å². The highest BCUT2D eigenvalue weighted by molar-refractivity contribution is 14.0. The number of guanidine groups is 1. The van der Waals surface area contributed by atoms with E-state index in [0.29, 0.717) is 31.3 Å². The molecule has 9 heteroatoms. The molecule has 178 valence electrons. The summed E-state index contributed by atoms with van der Waals surface area (Å²) in [6.45, 7) is 10.7. The number of benzene rings is 1. The van der Waals surface area contributed by atoms with E-state index in [4.69, 9.17) is 14.5 Å². The Morgan fingerprint density at radius 3 is 2.42 bits per heavy atom. The number of aryl methyl sites for hydroxylation is 2. The lowest BCUT2D eigenvalue weighted by molar-refractivity contribution is 0.339. The van der Waals surface area contributed by atoms with Crippen LogP contribution in [0, 0.1) is 13.8 Å². The largest absolute Gasteiger partial charge is 0.494 e. The quantitative estimate of drug-likeness (QED) is 0.226. The predicted octanol–water partition coefficient (Wildman–Crippen LogP) is 4.50. The molecule has 0 aliphatic heterocycles. The SMILES string of the molecule is CCNC(=NCc1ccnc(Oc2ccc(OCC)cc2)c1)NCc1c(C)nn(C)c1C.I. The molecular weight excluding hydrogens is 531 g/mol. The fourth-order valence-electron chi connectivity index (χ4n) is 3.25. The Labute approximate surface area is 212 Å². The highest BCUT2D eigenvalue weighted by atomic mass is 127. The number of nitrogens with one attached hydrogen (secondary N) is 2. The zero-order valence-electron chi connectivity index (χ0n) is 19.9. The molecular formula is C24H33IN6O2. The van der Waals surface area contributed by atoms with Crippen molar-refractivity contribution in [2.24, 2.45) is 12.0 Å². The molecule has 1 aromatic carbocycles. The fourth-order valence-corrected chi connectivity index (χ4v) is 3.25. The van der Waals surface area contributed by atoms with Crippen LogP contribution < -0.4 is 20.1 Å². The van der Waals surface area contributed by atoms with Crippen LogP contribution in [-0.2, 0) is 20.1 Å². The monoisotopic (exact) mass is 564 g/mol. The average Bonchev–Trinajstić information content (AvgIpc) is 3.03. The van der Waals surface area contributed by atoms with Gasteiger partial charge in [-0.05, 0) is 63.6 Å². The molecule has 33 heavy (non-hydrogen) atoms. The third-order valence-electron chi connectivity index (χ3n) is 5.01. The van der Waals surface area contributed by atoms with Crippen molar-refractivity contribution in [1.82, 2.24) is 25.4 Å². The minimum absolute atomic E-state index is 0. The number of aromatic nitrogens is 3. The van der Waals surface area contributed by atoms with Crippen LogP contribution in [0.1, 0.15) is 36.4 Å². The summed E-state index contributed by atoms with van der Waals surface area (Å²) in [6, 6.07) is 11.3. The van der Waals surface area contributed by atoms with E-state index in [1.807, 2.05) is 68.9 Å². The van der Waals surface area contributed by atoms with Gasteiger partial charge in [0.1, 0.15) is 11.5 Å². The van der Waals surface area contributed by atoms with Crippen molar-refractivity contribution >= 4 is 29.9 Å². The minimum Gasteiger partial charge on any atom is -0.494 e. The van der Waals surface area contributed by atoms with Gasteiger partial charge in [0.2, 0.25) is 5.88 Å². The van der Waals surface area contributed by atoms with Crippen LogP contribution in [0.5, 0.6) is 17.4 Å². The third-order valence-corrected chi connectivity index (χ3v) is 5.01. The van der Waals surface area contributed by atoms with Gasteiger partial charge in [0.05, 0.1) is 18.8 Å². The lowest BCUT2D eigenvalue weighted by Crippen LogP contribution is -2.37. The van der Waals surface area contributed by atoms with Crippen LogP contribution in [0.4, 0.5) is 0 Å². The van der Waals surface area contributed by atoms with Gasteiger partial charge >= 0.3 is 0 Å². The van der Waals surface area contributed by atoms with Crippen LogP contribution in [0.15, 0.2) is 47.6 Å². The maximum Gasteiger partial charge on any atom is 0.219 e.